The maximum Gasteiger partial charge on any atom is 0.404 e. The number of carbonyl (C=O) groups is 1. The first-order valence-electron chi connectivity index (χ1n) is 9.08. The van der Waals surface area contributed by atoms with Crippen LogP contribution in [0.15, 0.2) is 41.3 Å². The molecule has 1 saturated heterocycles. The average Bonchev–Trinajstić information content (AvgIpc) is 2.72. The van der Waals surface area contributed by atoms with Gasteiger partial charge < -0.3 is 25.5 Å². The first-order valence-corrected chi connectivity index (χ1v) is 10.8. The number of nitrogens with two attached hydrogens (primary N) is 2. The lowest BCUT2D eigenvalue weighted by Gasteiger charge is -2.29. The summed E-state index contributed by atoms with van der Waals surface area (Å²) in [5.41, 5.74) is 11.5. The van der Waals surface area contributed by atoms with Crippen molar-refractivity contribution < 1.29 is 27.9 Å². The van der Waals surface area contributed by atoms with Crippen molar-refractivity contribution in [1.29, 1.82) is 0 Å². The van der Waals surface area contributed by atoms with Crippen LogP contribution in [0.4, 0.5) is 5.82 Å². The Kier molecular flexibility index (Phi) is 8.60. The van der Waals surface area contributed by atoms with Crippen molar-refractivity contribution in [3.05, 3.63) is 52.6 Å². The van der Waals surface area contributed by atoms with Crippen molar-refractivity contribution in [3.8, 4) is 5.75 Å². The topological polar surface area (TPSA) is 158 Å². The van der Waals surface area contributed by atoms with Crippen LogP contribution in [0.5, 0.6) is 5.75 Å². The molecule has 1 unspecified atom stereocenters. The van der Waals surface area contributed by atoms with Crippen LogP contribution >= 0.6 is 20.0 Å². The van der Waals surface area contributed by atoms with Gasteiger partial charge in [-0.2, -0.15) is 4.98 Å². The van der Waals surface area contributed by atoms with Crippen molar-refractivity contribution in [3.63, 3.8) is 0 Å². The average molecular weight is 475 g/mol. The molecule has 1 aromatic carbocycles. The van der Waals surface area contributed by atoms with Gasteiger partial charge in [-0.05, 0) is 30.2 Å². The Labute approximate surface area is 184 Å². The number of hydrogen-bond acceptors (Lipinski definition) is 10. The van der Waals surface area contributed by atoms with Gasteiger partial charge in [0, 0.05) is 6.20 Å². The van der Waals surface area contributed by atoms with Crippen molar-refractivity contribution >= 4 is 31.8 Å². The molecule has 1 aliphatic rings. The van der Waals surface area contributed by atoms with E-state index in [9.17, 15) is 14.2 Å². The molecule has 3 rings (SSSR count). The number of benzene rings is 1. The molecule has 0 spiro atoms. The maximum absolute atomic E-state index is 12.8. The highest BCUT2D eigenvalue weighted by atomic mass is 35.5. The largest absolute Gasteiger partial charge is 0.468 e. The summed E-state index contributed by atoms with van der Waals surface area (Å²) < 4.78 is 35.2. The molecule has 31 heavy (non-hydrogen) atoms. The number of methoxy groups -OCH3 is 1. The molecule has 3 atom stereocenters. The summed E-state index contributed by atoms with van der Waals surface area (Å²) in [5.74, 6) is -0.0397. The van der Waals surface area contributed by atoms with E-state index in [1.807, 2.05) is 0 Å². The number of ether oxygens (including phenoxy) is 2. The zero-order valence-electron chi connectivity index (χ0n) is 16.7. The third-order valence-electron chi connectivity index (χ3n) is 4.35. The predicted molar refractivity (Wildman–Crippen MR) is 114 cm³/mol. The molecule has 2 aromatic rings. The molecule has 1 fully saturated rings. The second kappa shape index (κ2) is 10.7. The molecule has 1 aromatic heterocycles. The maximum atomic E-state index is 12.8. The molecule has 11 nitrogen and oxygen atoms in total. The first kappa shape index (κ1) is 24.8. The highest BCUT2D eigenvalue weighted by molar-refractivity contribution is 7.54. The molecule has 0 radical (unpaired) electrons. The van der Waals surface area contributed by atoms with Crippen LogP contribution in [0.25, 0.3) is 0 Å². The highest BCUT2D eigenvalue weighted by Crippen LogP contribution is 2.50. The summed E-state index contributed by atoms with van der Waals surface area (Å²) in [6.07, 6.45) is 1.06. The fraction of sp³-hybridized carbons (Fsp3) is 0.389. The number of anilines is 1. The molecular weight excluding hydrogens is 451 g/mol. The highest BCUT2D eigenvalue weighted by Gasteiger charge is 2.34. The summed E-state index contributed by atoms with van der Waals surface area (Å²) in [4.78, 5) is 26.8. The van der Waals surface area contributed by atoms with Crippen molar-refractivity contribution in [2.75, 3.05) is 25.8 Å². The molecular formula is C18H24ClN4O7P. The minimum atomic E-state index is -3.50. The van der Waals surface area contributed by atoms with Crippen molar-refractivity contribution in [2.24, 2.45) is 5.73 Å². The van der Waals surface area contributed by atoms with E-state index in [-0.39, 0.29) is 37.7 Å². The fourth-order valence-corrected chi connectivity index (χ4v) is 4.18. The van der Waals surface area contributed by atoms with Crippen LogP contribution in [0.2, 0.25) is 0 Å². The third-order valence-corrected chi connectivity index (χ3v) is 5.85. The minimum Gasteiger partial charge on any atom is -0.468 e. The van der Waals surface area contributed by atoms with Gasteiger partial charge in [0.2, 0.25) is 0 Å². The monoisotopic (exact) mass is 474 g/mol. The second-order valence-electron chi connectivity index (χ2n) is 6.68. The lowest BCUT2D eigenvalue weighted by atomic mass is 10.1. The van der Waals surface area contributed by atoms with E-state index in [1.165, 1.54) is 23.9 Å². The Bertz CT molecular complexity index is 989. The molecule has 2 heterocycles. The van der Waals surface area contributed by atoms with Gasteiger partial charge in [-0.15, -0.1) is 12.4 Å². The summed E-state index contributed by atoms with van der Waals surface area (Å²) in [6, 6.07) is 7.36. The molecule has 170 valence electrons. The van der Waals surface area contributed by atoms with E-state index in [0.29, 0.717) is 12.2 Å². The summed E-state index contributed by atoms with van der Waals surface area (Å²) >= 11 is 0. The fourth-order valence-electron chi connectivity index (χ4n) is 2.77. The van der Waals surface area contributed by atoms with E-state index in [4.69, 9.17) is 25.3 Å². The molecule has 0 amide bonds. The smallest absolute Gasteiger partial charge is 0.404 e. The summed E-state index contributed by atoms with van der Waals surface area (Å²) in [6.45, 7) is 0.168. The van der Waals surface area contributed by atoms with Gasteiger partial charge in [0.05, 0.1) is 20.3 Å². The number of esters is 1. The normalized spacial score (nSPS) is 21.5. The van der Waals surface area contributed by atoms with Gasteiger partial charge in [-0.3, -0.25) is 13.9 Å². The predicted octanol–water partition coefficient (Wildman–Crippen LogP) is 0.935. The molecule has 0 bridgehead atoms. The van der Waals surface area contributed by atoms with Crippen molar-refractivity contribution in [2.45, 2.75) is 25.1 Å². The Balaban J connectivity index is 0.00000341. The zero-order valence-corrected chi connectivity index (χ0v) is 18.4. The number of nitrogen functional groups attached to an aromatic ring is 1. The van der Waals surface area contributed by atoms with Gasteiger partial charge in [0.25, 0.3) is 0 Å². The summed E-state index contributed by atoms with van der Waals surface area (Å²) in [5, 5.41) is 0. The van der Waals surface area contributed by atoms with E-state index >= 15 is 0 Å². The van der Waals surface area contributed by atoms with E-state index in [1.54, 1.807) is 24.3 Å². The first-order chi connectivity index (χ1) is 14.3. The van der Waals surface area contributed by atoms with Crippen LogP contribution < -0.4 is 21.7 Å². The lowest BCUT2D eigenvalue weighted by Crippen LogP contribution is -2.35. The number of nitrogens with zero attached hydrogens (tertiary/aromatic N) is 2. The number of rotatable bonds is 7. The number of hydrogen-bond donors (Lipinski definition) is 2. The quantitative estimate of drug-likeness (QED) is 0.436. The van der Waals surface area contributed by atoms with Crippen LogP contribution in [0, 0.1) is 0 Å². The van der Waals surface area contributed by atoms with Crippen LogP contribution in [-0.4, -0.2) is 47.7 Å². The molecule has 0 saturated carbocycles. The van der Waals surface area contributed by atoms with E-state index < -0.39 is 31.4 Å². The SMILES string of the molecule is COC(=O)[C@@H](N)Cc1ccc(OP2(=O)CO[C@@H](Cn3ccc(N)nc3=O)CO2)cc1.Cl. The van der Waals surface area contributed by atoms with Gasteiger partial charge in [-0.25, -0.2) is 9.36 Å². The molecule has 1 aliphatic heterocycles. The molecule has 0 aliphatic carbocycles. The van der Waals surface area contributed by atoms with Gasteiger partial charge in [0.1, 0.15) is 23.7 Å². The van der Waals surface area contributed by atoms with Gasteiger partial charge >= 0.3 is 19.3 Å². The van der Waals surface area contributed by atoms with E-state index in [0.717, 1.165) is 5.56 Å². The minimum absolute atomic E-state index is 0. The lowest BCUT2D eigenvalue weighted by molar-refractivity contribution is -0.142. The zero-order chi connectivity index (χ0) is 21.7. The standard InChI is InChI=1S/C18H23N4O7P.ClH/c1-26-17(23)15(19)8-12-2-4-13(5-3-12)29-30(25)11-27-14(10-28-30)9-22-7-6-16(20)21-18(22)24;/h2-7,14-15H,8-11,19H2,1H3,(H2,20,21,24);1H/t14-,15-,30?;/m0./s1. The Morgan fingerprint density at radius 2 is 2.06 bits per heavy atom. The number of halogens is 1. The Morgan fingerprint density at radius 1 is 1.35 bits per heavy atom. The number of carbonyl (C=O) groups excluding carboxylic acids is 1. The summed E-state index contributed by atoms with van der Waals surface area (Å²) in [7, 11) is -2.23. The van der Waals surface area contributed by atoms with Crippen LogP contribution in [0.1, 0.15) is 5.56 Å². The van der Waals surface area contributed by atoms with E-state index in [2.05, 4.69) is 9.72 Å². The Hall–Kier alpha value is -2.43. The second-order valence-corrected chi connectivity index (χ2v) is 8.60. The van der Waals surface area contributed by atoms with Crippen LogP contribution in [0.3, 0.4) is 0 Å². The third kappa shape index (κ3) is 6.78. The van der Waals surface area contributed by atoms with Gasteiger partial charge in [0.15, 0.2) is 6.35 Å². The number of aromatic nitrogens is 2. The molecule has 13 heteroatoms. The van der Waals surface area contributed by atoms with Crippen LogP contribution in [-0.2, 0) is 36.3 Å². The van der Waals surface area contributed by atoms with Crippen molar-refractivity contribution in [1.82, 2.24) is 9.55 Å². The molecule has 4 N–H and O–H groups in total. The Morgan fingerprint density at radius 3 is 2.65 bits per heavy atom. The van der Waals surface area contributed by atoms with Gasteiger partial charge in [-0.1, -0.05) is 12.1 Å².